The quantitative estimate of drug-likeness (QED) is 0.795. The van der Waals surface area contributed by atoms with Crippen molar-refractivity contribution in [3.8, 4) is 5.75 Å². The number of methoxy groups -OCH3 is 1. The van der Waals surface area contributed by atoms with Crippen LogP contribution in [-0.2, 0) is 16.6 Å². The van der Waals surface area contributed by atoms with Crippen LogP contribution in [0.4, 0.5) is 0 Å². The topological polar surface area (TPSA) is 78.9 Å². The monoisotopic (exact) mass is 314 g/mol. The second kappa shape index (κ2) is 6.74. The minimum Gasteiger partial charge on any atom is -0.496 e. The first-order valence-electron chi connectivity index (χ1n) is 6.92. The highest BCUT2D eigenvalue weighted by molar-refractivity contribution is 7.89. The lowest BCUT2D eigenvalue weighted by Crippen LogP contribution is -2.30. The van der Waals surface area contributed by atoms with Gasteiger partial charge in [0.2, 0.25) is 10.0 Å². The molecule has 0 saturated carbocycles. The lowest BCUT2D eigenvalue weighted by atomic mass is 10.1. The molecule has 1 atom stereocenters. The first-order valence-corrected chi connectivity index (χ1v) is 8.40. The molecule has 1 aromatic rings. The van der Waals surface area contributed by atoms with Crippen molar-refractivity contribution in [1.82, 2.24) is 9.62 Å². The molecule has 1 saturated heterocycles. The standard InChI is InChI=1S/C14H22N2O4S/c1-16-6-5-11(9-16)8-15-21(18,19)13-3-4-14(20-2)12(7-13)10-17/h3-4,7,11,15,17H,5-6,8-10H2,1-2H3. The third-order valence-corrected chi connectivity index (χ3v) is 5.20. The molecule has 6 nitrogen and oxygen atoms in total. The number of benzene rings is 1. The van der Waals surface area contributed by atoms with Gasteiger partial charge in [-0.25, -0.2) is 13.1 Å². The number of sulfonamides is 1. The van der Waals surface area contributed by atoms with Crippen molar-refractivity contribution in [1.29, 1.82) is 0 Å². The van der Waals surface area contributed by atoms with E-state index in [0.29, 0.717) is 23.8 Å². The molecule has 7 heteroatoms. The van der Waals surface area contributed by atoms with Gasteiger partial charge >= 0.3 is 0 Å². The second-order valence-corrected chi connectivity index (χ2v) is 7.17. The maximum Gasteiger partial charge on any atom is 0.240 e. The lowest BCUT2D eigenvalue weighted by Gasteiger charge is -2.13. The van der Waals surface area contributed by atoms with Crippen LogP contribution in [0.1, 0.15) is 12.0 Å². The van der Waals surface area contributed by atoms with E-state index in [1.54, 1.807) is 6.07 Å². The van der Waals surface area contributed by atoms with Gasteiger partial charge in [0.1, 0.15) is 5.75 Å². The van der Waals surface area contributed by atoms with Crippen molar-refractivity contribution >= 4 is 10.0 Å². The van der Waals surface area contributed by atoms with Gasteiger partial charge in [-0.05, 0) is 44.1 Å². The summed E-state index contributed by atoms with van der Waals surface area (Å²) < 4.78 is 32.3. The van der Waals surface area contributed by atoms with Crippen molar-refractivity contribution in [2.45, 2.75) is 17.9 Å². The van der Waals surface area contributed by atoms with E-state index in [-0.39, 0.29) is 11.5 Å². The Bertz CT molecular complexity index is 589. The molecular formula is C14H22N2O4S. The number of ether oxygens (including phenoxy) is 1. The van der Waals surface area contributed by atoms with Crippen LogP contribution < -0.4 is 9.46 Å². The minimum absolute atomic E-state index is 0.152. The Kier molecular flexibility index (Phi) is 5.21. The van der Waals surface area contributed by atoms with Crippen LogP contribution in [0, 0.1) is 5.92 Å². The fourth-order valence-electron chi connectivity index (χ4n) is 2.55. The van der Waals surface area contributed by atoms with E-state index >= 15 is 0 Å². The molecule has 21 heavy (non-hydrogen) atoms. The Labute approximate surface area is 125 Å². The molecule has 0 aliphatic carbocycles. The smallest absolute Gasteiger partial charge is 0.240 e. The molecule has 2 rings (SSSR count). The fourth-order valence-corrected chi connectivity index (χ4v) is 3.72. The number of aliphatic hydroxyl groups is 1. The molecule has 0 radical (unpaired) electrons. The molecule has 118 valence electrons. The van der Waals surface area contributed by atoms with E-state index in [2.05, 4.69) is 9.62 Å². The highest BCUT2D eigenvalue weighted by Gasteiger charge is 2.22. The SMILES string of the molecule is COc1ccc(S(=O)(=O)NCC2CCN(C)C2)cc1CO. The van der Waals surface area contributed by atoms with Crippen molar-refractivity contribution in [2.75, 3.05) is 33.8 Å². The number of nitrogens with one attached hydrogen (secondary N) is 1. The molecule has 1 aliphatic rings. The molecule has 1 aliphatic heterocycles. The number of nitrogens with zero attached hydrogens (tertiary/aromatic N) is 1. The molecule has 0 bridgehead atoms. The van der Waals surface area contributed by atoms with Gasteiger partial charge in [-0.15, -0.1) is 0 Å². The number of rotatable bonds is 6. The van der Waals surface area contributed by atoms with Gasteiger partial charge in [0.05, 0.1) is 18.6 Å². The first kappa shape index (κ1) is 16.2. The van der Waals surface area contributed by atoms with E-state index in [9.17, 15) is 13.5 Å². The van der Waals surface area contributed by atoms with Crippen LogP contribution in [0.3, 0.4) is 0 Å². The number of hydrogen-bond donors (Lipinski definition) is 2. The number of aliphatic hydroxyl groups excluding tert-OH is 1. The lowest BCUT2D eigenvalue weighted by molar-refractivity contribution is 0.273. The van der Waals surface area contributed by atoms with Crippen molar-refractivity contribution in [3.05, 3.63) is 23.8 Å². The summed E-state index contributed by atoms with van der Waals surface area (Å²) in [5.74, 6) is 0.828. The Morgan fingerprint density at radius 1 is 1.48 bits per heavy atom. The molecule has 0 amide bonds. The van der Waals surface area contributed by atoms with E-state index < -0.39 is 10.0 Å². The summed E-state index contributed by atoms with van der Waals surface area (Å²) in [5, 5.41) is 9.27. The van der Waals surface area contributed by atoms with Crippen LogP contribution in [-0.4, -0.2) is 52.2 Å². The zero-order chi connectivity index (χ0) is 15.5. The van der Waals surface area contributed by atoms with Gasteiger partial charge in [-0.1, -0.05) is 0 Å². The predicted molar refractivity (Wildman–Crippen MR) is 79.7 cm³/mol. The zero-order valence-corrected chi connectivity index (χ0v) is 13.2. The third kappa shape index (κ3) is 3.94. The average Bonchev–Trinajstić information content (AvgIpc) is 2.90. The summed E-state index contributed by atoms with van der Waals surface area (Å²) in [7, 11) is -0.0411. The van der Waals surface area contributed by atoms with Crippen molar-refractivity contribution in [3.63, 3.8) is 0 Å². The molecule has 1 aromatic carbocycles. The molecular weight excluding hydrogens is 292 g/mol. The van der Waals surface area contributed by atoms with Crippen LogP contribution in [0.25, 0.3) is 0 Å². The summed E-state index contributed by atoms with van der Waals surface area (Å²) >= 11 is 0. The van der Waals surface area contributed by atoms with Gasteiger partial charge < -0.3 is 14.7 Å². The highest BCUT2D eigenvalue weighted by atomic mass is 32.2. The normalized spacial score (nSPS) is 19.9. The largest absolute Gasteiger partial charge is 0.496 e. The van der Waals surface area contributed by atoms with Crippen LogP contribution in [0.5, 0.6) is 5.75 Å². The maximum absolute atomic E-state index is 12.3. The molecule has 2 N–H and O–H groups in total. The van der Waals surface area contributed by atoms with E-state index in [1.165, 1.54) is 19.2 Å². The van der Waals surface area contributed by atoms with Gasteiger partial charge in [0.25, 0.3) is 0 Å². The second-order valence-electron chi connectivity index (χ2n) is 5.40. The van der Waals surface area contributed by atoms with Gasteiger partial charge in [-0.2, -0.15) is 0 Å². The molecule has 1 unspecified atom stereocenters. The number of likely N-dealkylation sites (tertiary alicyclic amines) is 1. The molecule has 1 heterocycles. The van der Waals surface area contributed by atoms with E-state index in [4.69, 9.17) is 4.74 Å². The fraction of sp³-hybridized carbons (Fsp3) is 0.571. The Balaban J connectivity index is 2.08. The summed E-state index contributed by atoms with van der Waals surface area (Å²) in [6.45, 7) is 2.09. The van der Waals surface area contributed by atoms with Gasteiger partial charge in [0, 0.05) is 18.7 Å². The third-order valence-electron chi connectivity index (χ3n) is 3.78. The van der Waals surface area contributed by atoms with Gasteiger partial charge in [0.15, 0.2) is 0 Å². The Morgan fingerprint density at radius 3 is 2.81 bits per heavy atom. The van der Waals surface area contributed by atoms with Crippen LogP contribution in [0.2, 0.25) is 0 Å². The van der Waals surface area contributed by atoms with Gasteiger partial charge in [-0.3, -0.25) is 0 Å². The zero-order valence-electron chi connectivity index (χ0n) is 12.4. The Morgan fingerprint density at radius 2 is 2.24 bits per heavy atom. The summed E-state index contributed by atoms with van der Waals surface area (Å²) in [5.41, 5.74) is 0.459. The molecule has 0 spiro atoms. The van der Waals surface area contributed by atoms with E-state index in [1.807, 2.05) is 7.05 Å². The van der Waals surface area contributed by atoms with E-state index in [0.717, 1.165) is 19.5 Å². The minimum atomic E-state index is -3.56. The highest BCUT2D eigenvalue weighted by Crippen LogP contribution is 2.22. The Hall–Kier alpha value is -1.15. The number of hydrogen-bond acceptors (Lipinski definition) is 5. The molecule has 1 fully saturated rings. The summed E-state index contributed by atoms with van der Waals surface area (Å²) in [6, 6.07) is 4.49. The van der Waals surface area contributed by atoms with Crippen molar-refractivity contribution in [2.24, 2.45) is 5.92 Å². The first-order chi connectivity index (χ1) is 9.96. The summed E-state index contributed by atoms with van der Waals surface area (Å²) in [4.78, 5) is 2.34. The predicted octanol–water partition coefficient (Wildman–Crippen LogP) is 0.418. The van der Waals surface area contributed by atoms with Crippen molar-refractivity contribution < 1.29 is 18.3 Å². The molecule has 0 aromatic heterocycles. The van der Waals surface area contributed by atoms with Crippen LogP contribution in [0.15, 0.2) is 23.1 Å². The van der Waals surface area contributed by atoms with Crippen LogP contribution >= 0.6 is 0 Å². The average molecular weight is 314 g/mol. The summed E-state index contributed by atoms with van der Waals surface area (Å²) in [6.07, 6.45) is 1.00. The maximum atomic E-state index is 12.3.